The van der Waals surface area contributed by atoms with Crippen LogP contribution in [0.3, 0.4) is 0 Å². The molecular weight excluding hydrogens is 270 g/mol. The number of aromatic nitrogens is 1. The van der Waals surface area contributed by atoms with Crippen molar-refractivity contribution < 1.29 is 9.34 Å². The number of para-hydroxylation sites is 1. The van der Waals surface area contributed by atoms with Gasteiger partial charge in [-0.15, -0.1) is 0 Å². The Bertz CT molecular complexity index is 811. The maximum atomic E-state index is 11.2. The van der Waals surface area contributed by atoms with Gasteiger partial charge in [-0.2, -0.15) is 0 Å². The molecular formula is C15H13N3O3. The number of hydrogen-bond acceptors (Lipinski definition) is 5. The molecule has 21 heavy (non-hydrogen) atoms. The van der Waals surface area contributed by atoms with Crippen molar-refractivity contribution in [2.45, 2.75) is 13.5 Å². The Labute approximate surface area is 120 Å². The number of nitrogens with zero attached hydrogens (tertiary/aromatic N) is 2. The van der Waals surface area contributed by atoms with Crippen LogP contribution in [0, 0.1) is 17.0 Å². The van der Waals surface area contributed by atoms with Gasteiger partial charge in [0.05, 0.1) is 17.0 Å². The Morgan fingerprint density at radius 3 is 2.81 bits per heavy atom. The van der Waals surface area contributed by atoms with Crippen LogP contribution in [0.25, 0.3) is 10.9 Å². The van der Waals surface area contributed by atoms with E-state index in [1.54, 1.807) is 0 Å². The minimum Gasteiger partial charge on any atom is -0.465 e. The van der Waals surface area contributed by atoms with Crippen LogP contribution >= 0.6 is 0 Å². The minimum absolute atomic E-state index is 0.0445. The monoisotopic (exact) mass is 283 g/mol. The van der Waals surface area contributed by atoms with Gasteiger partial charge in [0.1, 0.15) is 23.4 Å². The quantitative estimate of drug-likeness (QED) is 0.583. The van der Waals surface area contributed by atoms with E-state index in [4.69, 9.17) is 4.42 Å². The van der Waals surface area contributed by atoms with E-state index < -0.39 is 4.92 Å². The van der Waals surface area contributed by atoms with Crippen LogP contribution in [0.4, 0.5) is 11.4 Å². The average molecular weight is 283 g/mol. The summed E-state index contributed by atoms with van der Waals surface area (Å²) in [5.41, 5.74) is 1.12. The maximum absolute atomic E-state index is 11.2. The van der Waals surface area contributed by atoms with Gasteiger partial charge in [0.25, 0.3) is 0 Å². The topological polar surface area (TPSA) is 81.2 Å². The first-order chi connectivity index (χ1) is 10.1. The highest BCUT2D eigenvalue weighted by Gasteiger charge is 2.17. The van der Waals surface area contributed by atoms with Crippen LogP contribution in [0.15, 0.2) is 47.0 Å². The molecule has 0 atom stereocenters. The van der Waals surface area contributed by atoms with Crippen LogP contribution in [-0.2, 0) is 6.54 Å². The van der Waals surface area contributed by atoms with Gasteiger partial charge in [0, 0.05) is 5.39 Å². The lowest BCUT2D eigenvalue weighted by molar-refractivity contribution is -0.384. The van der Waals surface area contributed by atoms with Crippen LogP contribution in [0.2, 0.25) is 0 Å². The lowest BCUT2D eigenvalue weighted by Crippen LogP contribution is -2.03. The first-order valence-corrected chi connectivity index (χ1v) is 6.46. The molecule has 0 saturated carbocycles. The van der Waals surface area contributed by atoms with Gasteiger partial charge in [-0.05, 0) is 25.1 Å². The Balaban J connectivity index is 2.01. The predicted molar refractivity (Wildman–Crippen MR) is 79.2 cm³/mol. The molecule has 0 unspecified atom stereocenters. The van der Waals surface area contributed by atoms with Crippen molar-refractivity contribution in [1.29, 1.82) is 0 Å². The molecule has 106 valence electrons. The molecule has 3 rings (SSSR count). The molecule has 6 nitrogen and oxygen atoms in total. The highest BCUT2D eigenvalue weighted by molar-refractivity contribution is 5.95. The second-order valence-electron chi connectivity index (χ2n) is 4.66. The number of nitro groups is 1. The zero-order valence-corrected chi connectivity index (χ0v) is 11.4. The van der Waals surface area contributed by atoms with Crippen molar-refractivity contribution in [2.24, 2.45) is 0 Å². The van der Waals surface area contributed by atoms with E-state index in [1.807, 2.05) is 43.3 Å². The Morgan fingerprint density at radius 2 is 2.10 bits per heavy atom. The SMILES string of the molecule is Cc1ccc(CNc2c([N+](=O)[O-])cnc3ccccc23)o1. The smallest absolute Gasteiger partial charge is 0.311 e. The zero-order chi connectivity index (χ0) is 14.8. The van der Waals surface area contributed by atoms with Crippen molar-refractivity contribution >= 4 is 22.3 Å². The van der Waals surface area contributed by atoms with Crippen LogP contribution in [0.5, 0.6) is 0 Å². The summed E-state index contributed by atoms with van der Waals surface area (Å²) in [6, 6.07) is 11.0. The molecule has 0 radical (unpaired) electrons. The molecule has 3 aromatic rings. The Morgan fingerprint density at radius 1 is 1.29 bits per heavy atom. The summed E-state index contributed by atoms with van der Waals surface area (Å²) in [7, 11) is 0. The van der Waals surface area contributed by atoms with E-state index in [1.165, 1.54) is 6.20 Å². The van der Waals surface area contributed by atoms with Crippen molar-refractivity contribution in [3.63, 3.8) is 0 Å². The third kappa shape index (κ3) is 2.55. The Kier molecular flexibility index (Phi) is 3.27. The standard InChI is InChI=1S/C15H13N3O3/c1-10-6-7-11(21-10)8-17-15-12-4-2-3-5-13(12)16-9-14(15)18(19)20/h2-7,9H,8H2,1H3,(H,16,17). The fourth-order valence-corrected chi connectivity index (χ4v) is 2.21. The van der Waals surface area contributed by atoms with Gasteiger partial charge in [-0.1, -0.05) is 18.2 Å². The highest BCUT2D eigenvalue weighted by atomic mass is 16.6. The Hall–Kier alpha value is -2.89. The van der Waals surface area contributed by atoms with Crippen LogP contribution in [0.1, 0.15) is 11.5 Å². The molecule has 0 aliphatic rings. The molecule has 1 aromatic carbocycles. The van der Waals surface area contributed by atoms with Gasteiger partial charge in [0.2, 0.25) is 0 Å². The first-order valence-electron chi connectivity index (χ1n) is 6.46. The number of furan rings is 1. The first kappa shape index (κ1) is 13.1. The number of nitrogens with one attached hydrogen (secondary N) is 1. The third-order valence-electron chi connectivity index (χ3n) is 3.19. The minimum atomic E-state index is -0.435. The number of pyridine rings is 1. The molecule has 0 spiro atoms. The lowest BCUT2D eigenvalue weighted by Gasteiger charge is -2.08. The molecule has 1 N–H and O–H groups in total. The van der Waals surface area contributed by atoms with Gasteiger partial charge in [-0.25, -0.2) is 4.98 Å². The van der Waals surface area contributed by atoms with Gasteiger partial charge < -0.3 is 9.73 Å². The summed E-state index contributed by atoms with van der Waals surface area (Å²) in [6.07, 6.45) is 1.28. The zero-order valence-electron chi connectivity index (χ0n) is 11.4. The molecule has 0 bridgehead atoms. The summed E-state index contributed by atoms with van der Waals surface area (Å²) >= 11 is 0. The summed E-state index contributed by atoms with van der Waals surface area (Å²) in [6.45, 7) is 2.23. The van der Waals surface area contributed by atoms with Gasteiger partial charge in [-0.3, -0.25) is 10.1 Å². The number of hydrogen-bond donors (Lipinski definition) is 1. The molecule has 0 aliphatic heterocycles. The summed E-state index contributed by atoms with van der Waals surface area (Å²) in [4.78, 5) is 14.9. The fourth-order valence-electron chi connectivity index (χ4n) is 2.21. The van der Waals surface area contributed by atoms with Crippen LogP contribution in [-0.4, -0.2) is 9.91 Å². The largest absolute Gasteiger partial charge is 0.465 e. The van der Waals surface area contributed by atoms with E-state index >= 15 is 0 Å². The van der Waals surface area contributed by atoms with E-state index in [9.17, 15) is 10.1 Å². The van der Waals surface area contributed by atoms with E-state index in [0.717, 1.165) is 16.9 Å². The molecule has 2 aromatic heterocycles. The number of benzene rings is 1. The lowest BCUT2D eigenvalue weighted by atomic mass is 10.1. The predicted octanol–water partition coefficient (Wildman–Crippen LogP) is 3.66. The number of aryl methyl sites for hydroxylation is 1. The third-order valence-corrected chi connectivity index (χ3v) is 3.19. The molecule has 0 aliphatic carbocycles. The molecule has 2 heterocycles. The van der Waals surface area contributed by atoms with Crippen molar-refractivity contribution in [3.05, 3.63) is 64.2 Å². The molecule has 0 fully saturated rings. The van der Waals surface area contributed by atoms with E-state index in [0.29, 0.717) is 17.7 Å². The summed E-state index contributed by atoms with van der Waals surface area (Å²) < 4.78 is 5.47. The summed E-state index contributed by atoms with van der Waals surface area (Å²) in [5, 5.41) is 15.0. The molecule has 0 amide bonds. The van der Waals surface area contributed by atoms with Crippen molar-refractivity contribution in [2.75, 3.05) is 5.32 Å². The average Bonchev–Trinajstić information content (AvgIpc) is 2.90. The molecule has 6 heteroatoms. The maximum Gasteiger partial charge on any atom is 0.311 e. The second-order valence-corrected chi connectivity index (χ2v) is 4.66. The van der Waals surface area contributed by atoms with E-state index in [2.05, 4.69) is 10.3 Å². The molecule has 0 saturated heterocycles. The van der Waals surface area contributed by atoms with Gasteiger partial charge >= 0.3 is 5.69 Å². The normalized spacial score (nSPS) is 10.7. The van der Waals surface area contributed by atoms with Crippen molar-refractivity contribution in [1.82, 2.24) is 4.98 Å². The number of fused-ring (bicyclic) bond motifs is 1. The highest BCUT2D eigenvalue weighted by Crippen LogP contribution is 2.31. The fraction of sp³-hybridized carbons (Fsp3) is 0.133. The second kappa shape index (κ2) is 5.24. The van der Waals surface area contributed by atoms with Crippen molar-refractivity contribution in [3.8, 4) is 0 Å². The summed E-state index contributed by atoms with van der Waals surface area (Å²) in [5.74, 6) is 1.53. The number of rotatable bonds is 4. The van der Waals surface area contributed by atoms with Gasteiger partial charge in [0.15, 0.2) is 0 Å². The van der Waals surface area contributed by atoms with Crippen LogP contribution < -0.4 is 5.32 Å². The number of anilines is 1. The van der Waals surface area contributed by atoms with E-state index in [-0.39, 0.29) is 5.69 Å².